The van der Waals surface area contributed by atoms with Crippen LogP contribution < -0.4 is 0 Å². The first-order chi connectivity index (χ1) is 9.09. The molecule has 1 saturated heterocycles. The lowest BCUT2D eigenvalue weighted by Crippen LogP contribution is -2.50. The number of sulfonamides is 1. The maximum atomic E-state index is 12.5. The number of hydrogen-bond donors (Lipinski definition) is 1. The average Bonchev–Trinajstić information content (AvgIpc) is 2.47. The molecule has 0 bridgehead atoms. The van der Waals surface area contributed by atoms with E-state index in [2.05, 4.69) is 0 Å². The number of ether oxygens (including phenoxy) is 1. The molecule has 0 radical (unpaired) electrons. The normalized spacial score (nSPS) is 21.5. The minimum atomic E-state index is -3.55. The van der Waals surface area contributed by atoms with Crippen LogP contribution in [0.4, 0.5) is 0 Å². The van der Waals surface area contributed by atoms with E-state index in [9.17, 15) is 13.5 Å². The smallest absolute Gasteiger partial charge is 0.243 e. The van der Waals surface area contributed by atoms with Crippen LogP contribution in [0.5, 0.6) is 0 Å². The number of aliphatic hydroxyl groups excluding tert-OH is 1. The van der Waals surface area contributed by atoms with Gasteiger partial charge in [-0.3, -0.25) is 0 Å². The van der Waals surface area contributed by atoms with Crippen LogP contribution in [-0.2, 0) is 21.2 Å². The quantitative estimate of drug-likeness (QED) is 0.881. The van der Waals surface area contributed by atoms with E-state index in [1.807, 2.05) is 19.1 Å². The second kappa shape index (κ2) is 6.00. The lowest BCUT2D eigenvalue weighted by Gasteiger charge is -2.33. The number of rotatable bonds is 4. The SMILES string of the molecule is CCc1ccc(S(=O)(=O)N2CCOCC2CO)cc1. The lowest BCUT2D eigenvalue weighted by atomic mass is 10.2. The minimum absolute atomic E-state index is 0.230. The van der Waals surface area contributed by atoms with E-state index in [-0.39, 0.29) is 24.7 Å². The Hall–Kier alpha value is -0.950. The summed E-state index contributed by atoms with van der Waals surface area (Å²) in [4.78, 5) is 0.269. The predicted molar refractivity (Wildman–Crippen MR) is 71.4 cm³/mol. The molecule has 1 heterocycles. The number of nitrogens with zero attached hydrogens (tertiary/aromatic N) is 1. The summed E-state index contributed by atoms with van der Waals surface area (Å²) in [5, 5.41) is 9.27. The molecule has 6 heteroatoms. The third kappa shape index (κ3) is 2.97. The van der Waals surface area contributed by atoms with E-state index in [0.717, 1.165) is 12.0 Å². The fourth-order valence-electron chi connectivity index (χ4n) is 2.13. The highest BCUT2D eigenvalue weighted by atomic mass is 32.2. The molecule has 1 aromatic carbocycles. The van der Waals surface area contributed by atoms with Gasteiger partial charge in [0, 0.05) is 6.54 Å². The zero-order valence-corrected chi connectivity index (χ0v) is 11.8. The number of benzene rings is 1. The Morgan fingerprint density at radius 3 is 2.63 bits per heavy atom. The fourth-order valence-corrected chi connectivity index (χ4v) is 3.72. The van der Waals surface area contributed by atoms with Crippen LogP contribution in [0.3, 0.4) is 0 Å². The molecular formula is C13H19NO4S. The maximum Gasteiger partial charge on any atom is 0.243 e. The van der Waals surface area contributed by atoms with Gasteiger partial charge in [-0.15, -0.1) is 0 Å². The van der Waals surface area contributed by atoms with Gasteiger partial charge < -0.3 is 9.84 Å². The summed E-state index contributed by atoms with van der Waals surface area (Å²) in [5.74, 6) is 0. The molecule has 5 nitrogen and oxygen atoms in total. The first-order valence-electron chi connectivity index (χ1n) is 6.39. The molecule has 1 fully saturated rings. The first kappa shape index (κ1) is 14.5. The molecule has 1 aromatic rings. The molecule has 2 rings (SSSR count). The van der Waals surface area contributed by atoms with E-state index in [4.69, 9.17) is 4.74 Å². The van der Waals surface area contributed by atoms with Crippen molar-refractivity contribution in [2.24, 2.45) is 0 Å². The Labute approximate surface area is 113 Å². The Balaban J connectivity index is 2.29. The third-order valence-corrected chi connectivity index (χ3v) is 5.29. The number of morpholine rings is 1. The summed E-state index contributed by atoms with van der Waals surface area (Å²) in [7, 11) is -3.55. The Morgan fingerprint density at radius 1 is 1.37 bits per heavy atom. The van der Waals surface area contributed by atoms with Crippen molar-refractivity contribution >= 4 is 10.0 Å². The van der Waals surface area contributed by atoms with Crippen LogP contribution in [0.25, 0.3) is 0 Å². The third-order valence-electron chi connectivity index (χ3n) is 3.32. The molecule has 0 amide bonds. The lowest BCUT2D eigenvalue weighted by molar-refractivity contribution is 0.0109. The maximum absolute atomic E-state index is 12.5. The number of hydrogen-bond acceptors (Lipinski definition) is 4. The van der Waals surface area contributed by atoms with Gasteiger partial charge in [-0.1, -0.05) is 19.1 Å². The average molecular weight is 285 g/mol. The topological polar surface area (TPSA) is 66.8 Å². The van der Waals surface area contributed by atoms with Gasteiger partial charge in [-0.05, 0) is 24.1 Å². The van der Waals surface area contributed by atoms with Crippen molar-refractivity contribution in [3.8, 4) is 0 Å². The van der Waals surface area contributed by atoms with Gasteiger partial charge in [0.25, 0.3) is 0 Å². The molecule has 19 heavy (non-hydrogen) atoms. The van der Waals surface area contributed by atoms with E-state index >= 15 is 0 Å². The van der Waals surface area contributed by atoms with Crippen molar-refractivity contribution in [1.29, 1.82) is 0 Å². The van der Waals surface area contributed by atoms with Crippen LogP contribution >= 0.6 is 0 Å². The highest BCUT2D eigenvalue weighted by molar-refractivity contribution is 7.89. The molecule has 1 aliphatic heterocycles. The molecule has 1 aliphatic rings. The van der Waals surface area contributed by atoms with Gasteiger partial charge in [0.1, 0.15) is 0 Å². The summed E-state index contributed by atoms with van der Waals surface area (Å²) in [6, 6.07) is 6.39. The molecule has 0 saturated carbocycles. The van der Waals surface area contributed by atoms with Crippen molar-refractivity contribution in [3.05, 3.63) is 29.8 Å². The van der Waals surface area contributed by atoms with Gasteiger partial charge in [0.15, 0.2) is 0 Å². The predicted octanol–water partition coefficient (Wildman–Crippen LogP) is 0.631. The molecule has 1 unspecified atom stereocenters. The highest BCUT2D eigenvalue weighted by Gasteiger charge is 2.33. The first-order valence-corrected chi connectivity index (χ1v) is 7.83. The summed E-state index contributed by atoms with van der Waals surface area (Å²) in [6.07, 6.45) is 0.872. The zero-order chi connectivity index (χ0) is 13.9. The highest BCUT2D eigenvalue weighted by Crippen LogP contribution is 2.21. The van der Waals surface area contributed by atoms with E-state index in [1.165, 1.54) is 4.31 Å². The monoisotopic (exact) mass is 285 g/mol. The zero-order valence-electron chi connectivity index (χ0n) is 10.9. The summed E-state index contributed by atoms with van der Waals surface area (Å²) in [6.45, 7) is 2.67. The molecule has 1 N–H and O–H groups in total. The van der Waals surface area contributed by atoms with Crippen molar-refractivity contribution in [3.63, 3.8) is 0 Å². The second-order valence-corrected chi connectivity index (χ2v) is 6.42. The molecule has 1 atom stereocenters. The van der Waals surface area contributed by atoms with Gasteiger partial charge in [0.05, 0.1) is 30.8 Å². The Kier molecular flexibility index (Phi) is 4.57. The standard InChI is InChI=1S/C13H19NO4S/c1-2-11-3-5-13(6-4-11)19(16,17)14-7-8-18-10-12(14)9-15/h3-6,12,15H,2,7-10H2,1H3. The van der Waals surface area contributed by atoms with Crippen molar-refractivity contribution < 1.29 is 18.3 Å². The van der Waals surface area contributed by atoms with Crippen molar-refractivity contribution in [2.75, 3.05) is 26.4 Å². The molecule has 0 aromatic heterocycles. The van der Waals surface area contributed by atoms with Crippen LogP contribution in [0, 0.1) is 0 Å². The van der Waals surface area contributed by atoms with Gasteiger partial charge >= 0.3 is 0 Å². The largest absolute Gasteiger partial charge is 0.395 e. The van der Waals surface area contributed by atoms with Gasteiger partial charge in [0.2, 0.25) is 10.0 Å². The van der Waals surface area contributed by atoms with Crippen LogP contribution in [-0.4, -0.2) is 50.2 Å². The van der Waals surface area contributed by atoms with E-state index in [1.54, 1.807) is 12.1 Å². The minimum Gasteiger partial charge on any atom is -0.395 e. The van der Waals surface area contributed by atoms with E-state index < -0.39 is 16.1 Å². The van der Waals surface area contributed by atoms with Gasteiger partial charge in [-0.25, -0.2) is 8.42 Å². The molecule has 0 aliphatic carbocycles. The summed E-state index contributed by atoms with van der Waals surface area (Å²) < 4.78 is 31.6. The number of aryl methyl sites for hydroxylation is 1. The van der Waals surface area contributed by atoms with Crippen LogP contribution in [0.1, 0.15) is 12.5 Å². The molecule has 0 spiro atoms. The van der Waals surface area contributed by atoms with E-state index in [0.29, 0.717) is 6.61 Å². The van der Waals surface area contributed by atoms with Crippen LogP contribution in [0.2, 0.25) is 0 Å². The Bertz CT molecular complexity index is 512. The van der Waals surface area contributed by atoms with Gasteiger partial charge in [-0.2, -0.15) is 4.31 Å². The second-order valence-electron chi connectivity index (χ2n) is 4.52. The fraction of sp³-hybridized carbons (Fsp3) is 0.538. The van der Waals surface area contributed by atoms with Crippen molar-refractivity contribution in [1.82, 2.24) is 4.31 Å². The van der Waals surface area contributed by atoms with Crippen molar-refractivity contribution in [2.45, 2.75) is 24.3 Å². The molecule has 106 valence electrons. The summed E-state index contributed by atoms with van der Waals surface area (Å²) in [5.41, 5.74) is 1.10. The Morgan fingerprint density at radius 2 is 2.05 bits per heavy atom. The van der Waals surface area contributed by atoms with Crippen LogP contribution in [0.15, 0.2) is 29.2 Å². The summed E-state index contributed by atoms with van der Waals surface area (Å²) >= 11 is 0. The number of aliphatic hydroxyl groups is 1. The molecular weight excluding hydrogens is 266 g/mol.